The van der Waals surface area contributed by atoms with Gasteiger partial charge in [0.2, 0.25) is 5.91 Å². The minimum Gasteiger partial charge on any atom is -0.321 e. The summed E-state index contributed by atoms with van der Waals surface area (Å²) in [6.45, 7) is 3.47. The molecule has 0 aromatic heterocycles. The Morgan fingerprint density at radius 3 is 2.57 bits per heavy atom. The average Bonchev–Trinajstić information content (AvgIpc) is 2.65. The van der Waals surface area contributed by atoms with Gasteiger partial charge in [-0.2, -0.15) is 0 Å². The summed E-state index contributed by atoms with van der Waals surface area (Å²) in [5, 5.41) is 1.14. The molecule has 2 aromatic rings. The number of hydrazine groups is 1. The zero-order valence-electron chi connectivity index (χ0n) is 13.1. The molecule has 4 N–H and O–H groups in total. The van der Waals surface area contributed by atoms with Crippen molar-refractivity contribution in [1.29, 1.82) is 0 Å². The van der Waals surface area contributed by atoms with E-state index in [0.717, 1.165) is 16.1 Å². The minimum atomic E-state index is -0.628. The number of carbonyl (C=O) groups excluding carboxylic acids is 2. The molecule has 5 nitrogen and oxygen atoms in total. The molecule has 1 aliphatic heterocycles. The van der Waals surface area contributed by atoms with E-state index < -0.39 is 6.04 Å². The smallest absolute Gasteiger partial charge is 0.248 e. The molecular formula is C18H19N3O2. The predicted molar refractivity (Wildman–Crippen MR) is 89.9 cm³/mol. The fraction of sp³-hybridized carbons (Fsp3) is 0.222. The van der Waals surface area contributed by atoms with E-state index in [4.69, 9.17) is 11.6 Å². The number of hydrogen-bond acceptors (Lipinski definition) is 4. The topological polar surface area (TPSA) is 89.4 Å². The van der Waals surface area contributed by atoms with Crippen LogP contribution in [0.2, 0.25) is 0 Å². The molecule has 0 radical (unpaired) electrons. The lowest BCUT2D eigenvalue weighted by molar-refractivity contribution is -0.119. The third kappa shape index (κ3) is 2.34. The van der Waals surface area contributed by atoms with Gasteiger partial charge in [0.25, 0.3) is 0 Å². The number of amides is 1. The standard InChI is InChI=1S/C18H19N3O2/c1-10-12-6-3-4-7-13(12)16-14(17(22)11(2)19)8-5-9-15(16)21(20)18(10)23/h3-11H,19-20H2,1-2H3/t10?,11-/m0/s1. The lowest BCUT2D eigenvalue weighted by Crippen LogP contribution is -2.39. The quantitative estimate of drug-likeness (QED) is 0.505. The van der Waals surface area contributed by atoms with Crippen molar-refractivity contribution < 1.29 is 9.59 Å². The molecule has 0 spiro atoms. The Morgan fingerprint density at radius 2 is 1.87 bits per heavy atom. The Balaban J connectivity index is 2.39. The highest BCUT2D eigenvalue weighted by molar-refractivity contribution is 6.12. The van der Waals surface area contributed by atoms with Gasteiger partial charge in [0.15, 0.2) is 5.78 Å². The number of carbonyl (C=O) groups is 2. The molecule has 0 saturated heterocycles. The first-order valence-corrected chi connectivity index (χ1v) is 7.54. The average molecular weight is 309 g/mol. The first-order chi connectivity index (χ1) is 10.9. The number of anilines is 1. The largest absolute Gasteiger partial charge is 0.321 e. The molecule has 0 bridgehead atoms. The highest BCUT2D eigenvalue weighted by Gasteiger charge is 2.32. The fourth-order valence-electron chi connectivity index (χ4n) is 3.04. The summed E-state index contributed by atoms with van der Waals surface area (Å²) in [4.78, 5) is 25.1. The third-order valence-electron chi connectivity index (χ3n) is 4.29. The first-order valence-electron chi connectivity index (χ1n) is 7.54. The van der Waals surface area contributed by atoms with E-state index in [0.29, 0.717) is 16.8 Å². The van der Waals surface area contributed by atoms with E-state index in [2.05, 4.69) is 0 Å². The zero-order valence-corrected chi connectivity index (χ0v) is 13.1. The zero-order chi connectivity index (χ0) is 16.7. The summed E-state index contributed by atoms with van der Waals surface area (Å²) in [5.74, 6) is 5.28. The maximum Gasteiger partial charge on any atom is 0.248 e. The van der Waals surface area contributed by atoms with Gasteiger partial charge >= 0.3 is 0 Å². The lowest BCUT2D eigenvalue weighted by atomic mass is 9.88. The number of fused-ring (bicyclic) bond motifs is 3. The van der Waals surface area contributed by atoms with E-state index in [-0.39, 0.29) is 17.6 Å². The van der Waals surface area contributed by atoms with Crippen LogP contribution in [0.5, 0.6) is 0 Å². The van der Waals surface area contributed by atoms with Gasteiger partial charge in [-0.25, -0.2) is 10.9 Å². The second-order valence-corrected chi connectivity index (χ2v) is 5.87. The van der Waals surface area contributed by atoms with Crippen molar-refractivity contribution in [3.05, 3.63) is 53.6 Å². The van der Waals surface area contributed by atoms with E-state index in [1.807, 2.05) is 31.2 Å². The third-order valence-corrected chi connectivity index (χ3v) is 4.29. The summed E-state index contributed by atoms with van der Waals surface area (Å²) in [5.41, 5.74) is 9.18. The molecule has 118 valence electrons. The molecular weight excluding hydrogens is 290 g/mol. The Morgan fingerprint density at radius 1 is 1.17 bits per heavy atom. The molecule has 5 heteroatoms. The molecule has 1 heterocycles. The van der Waals surface area contributed by atoms with Crippen LogP contribution in [0.4, 0.5) is 5.69 Å². The van der Waals surface area contributed by atoms with E-state index in [1.54, 1.807) is 25.1 Å². The van der Waals surface area contributed by atoms with Gasteiger partial charge in [0.05, 0.1) is 17.6 Å². The maximum atomic E-state index is 12.6. The second-order valence-electron chi connectivity index (χ2n) is 5.87. The lowest BCUT2D eigenvalue weighted by Gasteiger charge is -2.20. The summed E-state index contributed by atoms with van der Waals surface area (Å²) >= 11 is 0. The Kier molecular flexibility index (Phi) is 3.75. The van der Waals surface area contributed by atoms with Crippen molar-refractivity contribution >= 4 is 17.4 Å². The first kappa shape index (κ1) is 15.4. The molecule has 1 aliphatic rings. The number of nitrogens with zero attached hydrogens (tertiary/aromatic N) is 1. The number of rotatable bonds is 2. The Hall–Kier alpha value is -2.50. The summed E-state index contributed by atoms with van der Waals surface area (Å²) in [6, 6.07) is 12.2. The van der Waals surface area contributed by atoms with Gasteiger partial charge in [-0.1, -0.05) is 36.4 Å². The van der Waals surface area contributed by atoms with Crippen LogP contribution < -0.4 is 16.6 Å². The molecule has 3 rings (SSSR count). The normalized spacial score (nSPS) is 18.0. The van der Waals surface area contributed by atoms with E-state index in [1.165, 1.54) is 0 Å². The van der Waals surface area contributed by atoms with Gasteiger partial charge in [-0.3, -0.25) is 9.59 Å². The molecule has 0 fully saturated rings. The van der Waals surface area contributed by atoms with E-state index >= 15 is 0 Å². The molecule has 1 unspecified atom stereocenters. The molecule has 0 saturated carbocycles. The van der Waals surface area contributed by atoms with Gasteiger partial charge in [0.1, 0.15) is 0 Å². The van der Waals surface area contributed by atoms with Gasteiger partial charge in [0, 0.05) is 11.1 Å². The predicted octanol–water partition coefficient (Wildman–Crippen LogP) is 2.21. The van der Waals surface area contributed by atoms with Crippen LogP contribution in [0.15, 0.2) is 42.5 Å². The van der Waals surface area contributed by atoms with Crippen LogP contribution in [0.3, 0.4) is 0 Å². The Bertz CT molecular complexity index is 799. The molecule has 0 aliphatic carbocycles. The van der Waals surface area contributed by atoms with Crippen LogP contribution in [-0.2, 0) is 4.79 Å². The number of nitrogens with two attached hydrogens (primary N) is 2. The van der Waals surface area contributed by atoms with Crippen molar-refractivity contribution in [2.75, 3.05) is 5.01 Å². The van der Waals surface area contributed by atoms with Gasteiger partial charge < -0.3 is 5.73 Å². The number of Topliss-reactive ketones (excluding diaryl/α,β-unsaturated/α-hetero) is 1. The summed E-state index contributed by atoms with van der Waals surface area (Å²) in [7, 11) is 0. The Labute approximate surface area is 134 Å². The highest BCUT2D eigenvalue weighted by atomic mass is 16.2. The van der Waals surface area contributed by atoms with Crippen LogP contribution in [0, 0.1) is 0 Å². The highest BCUT2D eigenvalue weighted by Crippen LogP contribution is 2.41. The van der Waals surface area contributed by atoms with Gasteiger partial charge in [-0.05, 0) is 31.0 Å². The SMILES string of the molecule is CC1C(=O)N(N)c2cccc(C(=O)[C@H](C)N)c2-c2ccccc21. The molecule has 2 aromatic carbocycles. The van der Waals surface area contributed by atoms with Crippen molar-refractivity contribution in [1.82, 2.24) is 0 Å². The summed E-state index contributed by atoms with van der Waals surface area (Å²) < 4.78 is 0. The maximum absolute atomic E-state index is 12.6. The fourth-order valence-corrected chi connectivity index (χ4v) is 3.04. The van der Waals surface area contributed by atoms with Crippen molar-refractivity contribution in [2.24, 2.45) is 11.6 Å². The van der Waals surface area contributed by atoms with Crippen molar-refractivity contribution in [2.45, 2.75) is 25.8 Å². The molecule has 23 heavy (non-hydrogen) atoms. The number of ketones is 1. The van der Waals surface area contributed by atoms with E-state index in [9.17, 15) is 9.59 Å². The van der Waals surface area contributed by atoms with Crippen LogP contribution in [-0.4, -0.2) is 17.7 Å². The van der Waals surface area contributed by atoms with Crippen molar-refractivity contribution in [3.63, 3.8) is 0 Å². The van der Waals surface area contributed by atoms with Crippen LogP contribution in [0.1, 0.15) is 35.7 Å². The van der Waals surface area contributed by atoms with Crippen LogP contribution >= 0.6 is 0 Å². The minimum absolute atomic E-state index is 0.174. The second kappa shape index (κ2) is 5.61. The van der Waals surface area contributed by atoms with Crippen LogP contribution in [0.25, 0.3) is 11.1 Å². The molecule has 2 atom stereocenters. The van der Waals surface area contributed by atoms with Gasteiger partial charge in [-0.15, -0.1) is 0 Å². The number of hydrogen-bond donors (Lipinski definition) is 2. The molecule has 1 amide bonds. The number of benzene rings is 2. The monoisotopic (exact) mass is 309 g/mol. The van der Waals surface area contributed by atoms with Crippen molar-refractivity contribution in [3.8, 4) is 11.1 Å². The summed E-state index contributed by atoms with van der Waals surface area (Å²) in [6.07, 6.45) is 0.